The first-order valence-corrected chi connectivity index (χ1v) is 10.7. The number of carbonyl (C=O) groups is 2. The lowest BCUT2D eigenvalue weighted by molar-refractivity contribution is -0.186. The second-order valence-corrected chi connectivity index (χ2v) is 10.7. The molecule has 2 heterocycles. The third kappa shape index (κ3) is 2.38. The van der Waals surface area contributed by atoms with E-state index in [0.717, 1.165) is 30.6 Å². The predicted molar refractivity (Wildman–Crippen MR) is 99.1 cm³/mol. The molecular weight excluding hydrogens is 370 g/mol. The maximum Gasteiger partial charge on any atom is 0.352 e. The molecule has 0 radical (unpaired) electrons. The number of allylic oxidation sites excluding steroid dienone is 2. The van der Waals surface area contributed by atoms with Crippen LogP contribution in [0.1, 0.15) is 53.4 Å². The lowest BCUT2D eigenvalue weighted by atomic mass is 9.74. The molecule has 1 saturated carbocycles. The molecule has 3 aliphatic rings. The molecule has 7 nitrogen and oxygen atoms in total. The van der Waals surface area contributed by atoms with E-state index in [4.69, 9.17) is 4.74 Å². The van der Waals surface area contributed by atoms with E-state index in [2.05, 4.69) is 0 Å². The van der Waals surface area contributed by atoms with Crippen LogP contribution >= 0.6 is 0 Å². The van der Waals surface area contributed by atoms with E-state index in [1.807, 2.05) is 0 Å². The number of fused-ring (bicyclic) bond motifs is 1. The zero-order valence-corrected chi connectivity index (χ0v) is 17.2. The summed E-state index contributed by atoms with van der Waals surface area (Å²) in [6.07, 6.45) is 4.29. The Hall–Kier alpha value is -1.67. The summed E-state index contributed by atoms with van der Waals surface area (Å²) in [6, 6.07) is 0. The van der Waals surface area contributed by atoms with Crippen molar-refractivity contribution < 1.29 is 27.9 Å². The largest absolute Gasteiger partial charge is 0.477 e. The number of rotatable bonds is 3. The second-order valence-electron chi connectivity index (χ2n) is 8.59. The van der Waals surface area contributed by atoms with Crippen LogP contribution in [0.2, 0.25) is 0 Å². The van der Waals surface area contributed by atoms with Crippen LogP contribution in [0.15, 0.2) is 22.3 Å². The number of amides is 1. The Kier molecular flexibility index (Phi) is 4.59. The topological polar surface area (TPSA) is 101 Å². The van der Waals surface area contributed by atoms with Crippen LogP contribution in [0, 0.1) is 11.3 Å². The number of hydrogen-bond donors (Lipinski definition) is 1. The highest BCUT2D eigenvalue weighted by Gasteiger charge is 2.77. The Balaban J connectivity index is 2.37. The van der Waals surface area contributed by atoms with E-state index in [-0.39, 0.29) is 22.1 Å². The summed E-state index contributed by atoms with van der Waals surface area (Å²) >= 11 is 0. The molecule has 0 spiro atoms. The molecule has 1 N–H and O–H groups in total. The minimum Gasteiger partial charge on any atom is -0.477 e. The summed E-state index contributed by atoms with van der Waals surface area (Å²) < 4.78 is 33.0. The SMILES string of the molecule is CO[C@H]1C(=O)N2C(C(=O)O)=C(C)/C(=C\C3CCCC3)S(=O)(=O)[C@]12C(C)(C)C. The number of nitrogens with zero attached hydrogens (tertiary/aromatic N) is 1. The number of hydrogen-bond acceptors (Lipinski definition) is 5. The summed E-state index contributed by atoms with van der Waals surface area (Å²) in [5.41, 5.74) is -1.10. The van der Waals surface area contributed by atoms with Gasteiger partial charge in [0.25, 0.3) is 5.91 Å². The predicted octanol–water partition coefficient (Wildman–Crippen LogP) is 2.45. The molecule has 1 saturated heterocycles. The van der Waals surface area contributed by atoms with Crippen LogP contribution < -0.4 is 0 Å². The van der Waals surface area contributed by atoms with Gasteiger partial charge >= 0.3 is 5.97 Å². The number of carbonyl (C=O) groups excluding carboxylic acids is 1. The van der Waals surface area contributed by atoms with Crippen LogP contribution in [0.4, 0.5) is 0 Å². The summed E-state index contributed by atoms with van der Waals surface area (Å²) in [5.74, 6) is -1.84. The van der Waals surface area contributed by atoms with Crippen LogP contribution in [0.3, 0.4) is 0 Å². The van der Waals surface area contributed by atoms with Crippen molar-refractivity contribution in [2.24, 2.45) is 11.3 Å². The maximum absolute atomic E-state index is 13.9. The number of ether oxygens (including phenoxy) is 1. The monoisotopic (exact) mass is 397 g/mol. The highest BCUT2D eigenvalue weighted by molar-refractivity contribution is 7.97. The fourth-order valence-electron chi connectivity index (χ4n) is 4.89. The summed E-state index contributed by atoms with van der Waals surface area (Å²) in [7, 11) is -2.77. The first-order valence-electron chi connectivity index (χ1n) is 9.20. The van der Waals surface area contributed by atoms with Crippen molar-refractivity contribution in [3.63, 3.8) is 0 Å². The van der Waals surface area contributed by atoms with Gasteiger partial charge < -0.3 is 9.84 Å². The van der Waals surface area contributed by atoms with Gasteiger partial charge in [0, 0.05) is 12.5 Å². The number of carboxylic acids is 1. The third-order valence-corrected chi connectivity index (χ3v) is 8.93. The molecule has 2 aliphatic heterocycles. The fraction of sp³-hybridized carbons (Fsp3) is 0.684. The van der Waals surface area contributed by atoms with Crippen LogP contribution in [-0.2, 0) is 24.2 Å². The smallest absolute Gasteiger partial charge is 0.352 e. The van der Waals surface area contributed by atoms with Crippen molar-refractivity contribution in [2.75, 3.05) is 7.11 Å². The van der Waals surface area contributed by atoms with Crippen LogP contribution in [-0.4, -0.2) is 48.4 Å². The number of aliphatic carboxylic acids is 1. The summed E-state index contributed by atoms with van der Waals surface area (Å²) in [6.45, 7) is 6.57. The number of methoxy groups -OCH3 is 1. The van der Waals surface area contributed by atoms with Gasteiger partial charge in [0.05, 0.1) is 4.91 Å². The Labute approximate surface area is 160 Å². The summed E-state index contributed by atoms with van der Waals surface area (Å²) in [4.78, 5) is 23.9. The molecule has 2 atom stereocenters. The molecule has 1 aliphatic carbocycles. The molecule has 27 heavy (non-hydrogen) atoms. The number of sulfone groups is 1. The quantitative estimate of drug-likeness (QED) is 0.734. The molecule has 0 aromatic rings. The molecule has 0 unspecified atom stereocenters. The first kappa shape index (κ1) is 20.1. The van der Waals surface area contributed by atoms with Gasteiger partial charge in [-0.15, -0.1) is 0 Å². The van der Waals surface area contributed by atoms with Gasteiger partial charge in [0.2, 0.25) is 9.84 Å². The highest BCUT2D eigenvalue weighted by Crippen LogP contribution is 2.58. The van der Waals surface area contributed by atoms with Crippen LogP contribution in [0.5, 0.6) is 0 Å². The number of β-lactam (4-membered cyclic amide) rings is 1. The van der Waals surface area contributed by atoms with Crippen molar-refractivity contribution in [1.29, 1.82) is 0 Å². The molecule has 8 heteroatoms. The van der Waals surface area contributed by atoms with E-state index in [1.54, 1.807) is 26.8 Å². The average Bonchev–Trinajstić information content (AvgIpc) is 3.04. The Bertz CT molecular complexity index is 857. The van der Waals surface area contributed by atoms with Gasteiger partial charge in [0.1, 0.15) is 5.70 Å². The third-order valence-electron chi connectivity index (χ3n) is 6.08. The second kappa shape index (κ2) is 6.17. The molecule has 0 aromatic heterocycles. The van der Waals surface area contributed by atoms with Gasteiger partial charge in [-0.05, 0) is 31.3 Å². The van der Waals surface area contributed by atoms with Gasteiger partial charge in [-0.3, -0.25) is 9.69 Å². The van der Waals surface area contributed by atoms with E-state index in [1.165, 1.54) is 14.0 Å². The zero-order valence-electron chi connectivity index (χ0n) is 16.4. The minimum absolute atomic E-state index is 0.0347. The molecule has 0 aromatic carbocycles. The van der Waals surface area contributed by atoms with Crippen molar-refractivity contribution in [3.05, 3.63) is 22.3 Å². The fourth-order valence-corrected chi connectivity index (χ4v) is 7.80. The lowest BCUT2D eigenvalue weighted by Crippen LogP contribution is -2.83. The van der Waals surface area contributed by atoms with Crippen molar-refractivity contribution in [2.45, 2.75) is 64.4 Å². The van der Waals surface area contributed by atoms with Crippen molar-refractivity contribution in [3.8, 4) is 0 Å². The van der Waals surface area contributed by atoms with E-state index in [0.29, 0.717) is 0 Å². The van der Waals surface area contributed by atoms with Gasteiger partial charge in [-0.2, -0.15) is 0 Å². The van der Waals surface area contributed by atoms with Gasteiger partial charge in [-0.1, -0.05) is 39.7 Å². The lowest BCUT2D eigenvalue weighted by Gasteiger charge is -2.63. The molecule has 0 bridgehead atoms. The molecule has 2 fully saturated rings. The van der Waals surface area contributed by atoms with Crippen LogP contribution in [0.25, 0.3) is 0 Å². The Morgan fingerprint density at radius 1 is 1.30 bits per heavy atom. The molecule has 150 valence electrons. The number of carboxylic acid groups (broad SMARTS) is 1. The maximum atomic E-state index is 13.9. The van der Waals surface area contributed by atoms with Crippen molar-refractivity contribution >= 4 is 21.7 Å². The van der Waals surface area contributed by atoms with Gasteiger partial charge in [0.15, 0.2) is 11.0 Å². The molecule has 3 rings (SSSR count). The standard InChI is InChI=1S/C19H27NO6S/c1-11-13(10-12-8-6-7-9-12)27(24,25)19(18(2,3)4)15(26-5)16(21)20(19)14(11)17(22)23/h10,12,15H,6-9H2,1-5H3,(H,22,23)/b13-10+/t15-,19-/m0/s1. The average molecular weight is 397 g/mol. The van der Waals surface area contributed by atoms with E-state index < -0.39 is 38.1 Å². The highest BCUT2D eigenvalue weighted by atomic mass is 32.2. The Morgan fingerprint density at radius 2 is 1.85 bits per heavy atom. The molecule has 1 amide bonds. The van der Waals surface area contributed by atoms with E-state index >= 15 is 0 Å². The summed E-state index contributed by atoms with van der Waals surface area (Å²) in [5, 5.41) is 9.82. The minimum atomic E-state index is -4.06. The zero-order chi connectivity index (χ0) is 20.4. The van der Waals surface area contributed by atoms with Gasteiger partial charge in [-0.25, -0.2) is 13.2 Å². The Morgan fingerprint density at radius 3 is 2.30 bits per heavy atom. The van der Waals surface area contributed by atoms with E-state index in [9.17, 15) is 23.1 Å². The molecular formula is C19H27NO6S. The van der Waals surface area contributed by atoms with Crippen molar-refractivity contribution in [1.82, 2.24) is 4.90 Å². The normalized spacial score (nSPS) is 32.6. The first-order chi connectivity index (χ1) is 12.4.